The van der Waals surface area contributed by atoms with Crippen LogP contribution in [0.2, 0.25) is 0 Å². The smallest absolute Gasteiger partial charge is 0.341 e. The van der Waals surface area contributed by atoms with Gasteiger partial charge in [-0.3, -0.25) is 0 Å². The molecule has 1 N–H and O–H groups in total. The highest BCUT2D eigenvalue weighted by atomic mass is 79.9. The van der Waals surface area contributed by atoms with Crippen molar-refractivity contribution in [3.8, 4) is 11.6 Å². The van der Waals surface area contributed by atoms with Crippen LogP contribution in [0.3, 0.4) is 0 Å². The molecule has 2 aromatic rings. The van der Waals surface area contributed by atoms with Crippen molar-refractivity contribution < 1.29 is 19.0 Å². The quantitative estimate of drug-likeness (QED) is 0.943. The Balaban J connectivity index is 2.37. The molecule has 0 saturated heterocycles. The molecule has 7 heteroatoms. The molecule has 1 aromatic carbocycles. The summed E-state index contributed by atoms with van der Waals surface area (Å²) < 4.78 is 18.5. The largest absolute Gasteiger partial charge is 0.477 e. The predicted molar refractivity (Wildman–Crippen MR) is 63.2 cm³/mol. The van der Waals surface area contributed by atoms with Gasteiger partial charge in [0.05, 0.1) is 10.7 Å². The van der Waals surface area contributed by atoms with E-state index in [1.807, 2.05) is 0 Å². The molecule has 0 amide bonds. The van der Waals surface area contributed by atoms with Gasteiger partial charge in [-0.25, -0.2) is 9.18 Å². The molecule has 1 heterocycles. The molecule has 0 saturated carbocycles. The van der Waals surface area contributed by atoms with Crippen molar-refractivity contribution in [1.29, 1.82) is 0 Å². The summed E-state index contributed by atoms with van der Waals surface area (Å²) in [5.41, 5.74) is -0.124. The van der Waals surface area contributed by atoms with Crippen molar-refractivity contribution in [2.24, 2.45) is 0 Å². The van der Waals surface area contributed by atoms with Crippen LogP contribution in [0, 0.1) is 5.82 Å². The molecule has 0 aliphatic heterocycles. The van der Waals surface area contributed by atoms with E-state index in [4.69, 9.17) is 9.84 Å². The average Bonchev–Trinajstić information content (AvgIpc) is 2.33. The number of hydrogen-bond acceptors (Lipinski definition) is 4. The summed E-state index contributed by atoms with van der Waals surface area (Å²) in [4.78, 5) is 10.9. The second kappa shape index (κ2) is 5.09. The fourth-order valence-corrected chi connectivity index (χ4v) is 1.65. The molecule has 2 rings (SSSR count). The molecule has 0 atom stereocenters. The van der Waals surface area contributed by atoms with E-state index in [2.05, 4.69) is 26.1 Å². The van der Waals surface area contributed by atoms with Gasteiger partial charge < -0.3 is 9.84 Å². The molecule has 0 aliphatic carbocycles. The SMILES string of the molecule is O=C(O)c1ccnnc1Oc1ccc(F)cc1Br. The zero-order chi connectivity index (χ0) is 13.1. The van der Waals surface area contributed by atoms with Gasteiger partial charge in [0.25, 0.3) is 5.88 Å². The number of carboxylic acids is 1. The summed E-state index contributed by atoms with van der Waals surface area (Å²) in [5.74, 6) is -1.53. The average molecular weight is 313 g/mol. The van der Waals surface area contributed by atoms with Crippen molar-refractivity contribution in [3.05, 3.63) is 46.3 Å². The maximum atomic E-state index is 12.9. The number of benzene rings is 1. The molecule has 0 unspecified atom stereocenters. The maximum absolute atomic E-state index is 12.9. The molecule has 0 bridgehead atoms. The molecule has 0 aliphatic rings. The van der Waals surface area contributed by atoms with Gasteiger partial charge in [-0.05, 0) is 40.2 Å². The molecule has 0 spiro atoms. The van der Waals surface area contributed by atoms with E-state index in [0.29, 0.717) is 4.47 Å². The van der Waals surface area contributed by atoms with Crippen LogP contribution < -0.4 is 4.74 Å². The zero-order valence-electron chi connectivity index (χ0n) is 8.80. The number of carbonyl (C=O) groups is 1. The van der Waals surface area contributed by atoms with Crippen molar-refractivity contribution in [3.63, 3.8) is 0 Å². The highest BCUT2D eigenvalue weighted by Gasteiger charge is 2.14. The van der Waals surface area contributed by atoms with Crippen molar-refractivity contribution in [2.45, 2.75) is 0 Å². The van der Waals surface area contributed by atoms with Gasteiger partial charge in [-0.15, -0.1) is 5.10 Å². The minimum atomic E-state index is -1.18. The van der Waals surface area contributed by atoms with Gasteiger partial charge in [0.15, 0.2) is 0 Å². The summed E-state index contributed by atoms with van der Waals surface area (Å²) >= 11 is 3.11. The first-order valence-corrected chi connectivity index (χ1v) is 5.55. The third kappa shape index (κ3) is 2.62. The summed E-state index contributed by atoms with van der Waals surface area (Å²) in [6.45, 7) is 0. The van der Waals surface area contributed by atoms with Crippen LogP contribution in [0.4, 0.5) is 4.39 Å². The van der Waals surface area contributed by atoms with E-state index in [0.717, 1.165) is 0 Å². The second-order valence-electron chi connectivity index (χ2n) is 3.23. The number of carboxylic acid groups (broad SMARTS) is 1. The van der Waals surface area contributed by atoms with Crippen LogP contribution in [0.15, 0.2) is 34.9 Å². The highest BCUT2D eigenvalue weighted by molar-refractivity contribution is 9.10. The Morgan fingerprint density at radius 1 is 1.39 bits per heavy atom. The van der Waals surface area contributed by atoms with Crippen LogP contribution >= 0.6 is 15.9 Å². The number of halogens is 2. The molecule has 92 valence electrons. The van der Waals surface area contributed by atoms with Gasteiger partial charge in [0, 0.05) is 0 Å². The zero-order valence-corrected chi connectivity index (χ0v) is 10.4. The van der Waals surface area contributed by atoms with Gasteiger partial charge in [0.1, 0.15) is 17.1 Å². The lowest BCUT2D eigenvalue weighted by Gasteiger charge is -2.07. The maximum Gasteiger partial charge on any atom is 0.341 e. The minimum Gasteiger partial charge on any atom is -0.477 e. The standard InChI is InChI=1S/C11H6BrFN2O3/c12-8-5-6(13)1-2-9(8)18-10-7(11(16)17)3-4-14-15-10/h1-5H,(H,16,17). The number of hydrogen-bond donors (Lipinski definition) is 1. The van der Waals surface area contributed by atoms with Crippen LogP contribution in [0.25, 0.3) is 0 Å². The number of rotatable bonds is 3. The Bertz CT molecular complexity index is 607. The number of ether oxygens (including phenoxy) is 1. The molecule has 0 fully saturated rings. The molecular formula is C11H6BrFN2O3. The van der Waals surface area contributed by atoms with Crippen molar-refractivity contribution in [2.75, 3.05) is 0 Å². The van der Waals surface area contributed by atoms with Gasteiger partial charge in [-0.1, -0.05) is 0 Å². The van der Waals surface area contributed by atoms with Crippen LogP contribution in [-0.2, 0) is 0 Å². The lowest BCUT2D eigenvalue weighted by molar-refractivity contribution is 0.0693. The highest BCUT2D eigenvalue weighted by Crippen LogP contribution is 2.30. The van der Waals surface area contributed by atoms with E-state index in [-0.39, 0.29) is 17.2 Å². The first-order valence-electron chi connectivity index (χ1n) is 4.76. The van der Waals surface area contributed by atoms with Gasteiger partial charge >= 0.3 is 5.97 Å². The van der Waals surface area contributed by atoms with E-state index >= 15 is 0 Å². The molecule has 0 radical (unpaired) electrons. The molecular weight excluding hydrogens is 307 g/mol. The van der Waals surface area contributed by atoms with Crippen LogP contribution in [0.5, 0.6) is 11.6 Å². The summed E-state index contributed by atoms with van der Waals surface area (Å²) in [6, 6.07) is 5.02. The first-order chi connectivity index (χ1) is 8.58. The van der Waals surface area contributed by atoms with E-state index < -0.39 is 11.8 Å². The number of nitrogens with zero attached hydrogens (tertiary/aromatic N) is 2. The Morgan fingerprint density at radius 2 is 2.17 bits per heavy atom. The van der Waals surface area contributed by atoms with Crippen LogP contribution in [-0.4, -0.2) is 21.3 Å². The Morgan fingerprint density at radius 3 is 2.83 bits per heavy atom. The summed E-state index contributed by atoms with van der Waals surface area (Å²) in [5, 5.41) is 16.1. The second-order valence-corrected chi connectivity index (χ2v) is 4.09. The molecule has 5 nitrogen and oxygen atoms in total. The van der Waals surface area contributed by atoms with E-state index in [1.165, 1.54) is 30.5 Å². The Hall–Kier alpha value is -2.02. The predicted octanol–water partition coefficient (Wildman–Crippen LogP) is 2.87. The first kappa shape index (κ1) is 12.4. The third-order valence-electron chi connectivity index (χ3n) is 2.02. The summed E-state index contributed by atoms with van der Waals surface area (Å²) in [6.07, 6.45) is 1.25. The minimum absolute atomic E-state index is 0.124. The van der Waals surface area contributed by atoms with E-state index in [1.54, 1.807) is 0 Å². The topological polar surface area (TPSA) is 72.3 Å². The fourth-order valence-electron chi connectivity index (χ4n) is 1.22. The molecule has 18 heavy (non-hydrogen) atoms. The van der Waals surface area contributed by atoms with Gasteiger partial charge in [-0.2, -0.15) is 5.10 Å². The lowest BCUT2D eigenvalue weighted by Crippen LogP contribution is -2.03. The third-order valence-corrected chi connectivity index (χ3v) is 2.64. The Kier molecular flexibility index (Phi) is 3.52. The van der Waals surface area contributed by atoms with Crippen molar-refractivity contribution >= 4 is 21.9 Å². The summed E-state index contributed by atoms with van der Waals surface area (Å²) in [7, 11) is 0. The van der Waals surface area contributed by atoms with Crippen LogP contribution in [0.1, 0.15) is 10.4 Å². The normalized spacial score (nSPS) is 10.1. The van der Waals surface area contributed by atoms with E-state index in [9.17, 15) is 9.18 Å². The number of aromatic carboxylic acids is 1. The van der Waals surface area contributed by atoms with Crippen molar-refractivity contribution in [1.82, 2.24) is 10.2 Å². The number of aromatic nitrogens is 2. The Labute approximate surface area is 109 Å². The fraction of sp³-hybridized carbons (Fsp3) is 0. The van der Waals surface area contributed by atoms with Gasteiger partial charge in [0.2, 0.25) is 0 Å². The molecule has 1 aromatic heterocycles. The monoisotopic (exact) mass is 312 g/mol. The lowest BCUT2D eigenvalue weighted by atomic mass is 10.3.